The van der Waals surface area contributed by atoms with Crippen LogP contribution in [-0.2, 0) is 20.7 Å². The zero-order chi connectivity index (χ0) is 19.2. The van der Waals surface area contributed by atoms with Crippen LogP contribution >= 0.6 is 0 Å². The summed E-state index contributed by atoms with van der Waals surface area (Å²) in [6.07, 6.45) is 0.344. The Morgan fingerprint density at radius 1 is 1.36 bits per heavy atom. The van der Waals surface area contributed by atoms with Crippen LogP contribution in [0.4, 0.5) is 5.69 Å². The summed E-state index contributed by atoms with van der Waals surface area (Å²) in [4.78, 5) is 24.1. The van der Waals surface area contributed by atoms with E-state index in [0.29, 0.717) is 23.2 Å². The number of nitrogens with one attached hydrogen (secondary N) is 1. The van der Waals surface area contributed by atoms with E-state index >= 15 is 0 Å². The fourth-order valence-corrected chi connectivity index (χ4v) is 2.47. The lowest BCUT2D eigenvalue weighted by Gasteiger charge is -2.24. The van der Waals surface area contributed by atoms with E-state index < -0.39 is 30.6 Å². The third-order valence-electron chi connectivity index (χ3n) is 3.31. The van der Waals surface area contributed by atoms with Crippen LogP contribution in [0.3, 0.4) is 0 Å². The number of rotatable bonds is 7. The Morgan fingerprint density at radius 2 is 2.00 bits per heavy atom. The predicted octanol–water partition coefficient (Wildman–Crippen LogP) is 1.40. The van der Waals surface area contributed by atoms with Crippen molar-refractivity contribution in [2.45, 2.75) is 52.1 Å². The van der Waals surface area contributed by atoms with Gasteiger partial charge in [-0.25, -0.2) is 4.79 Å². The van der Waals surface area contributed by atoms with Crippen LogP contribution in [0.2, 0.25) is 6.82 Å². The lowest BCUT2D eigenvalue weighted by atomic mass is 9.85. The maximum Gasteiger partial charge on any atom is 0.373 e. The molecule has 0 bridgehead atoms. The largest absolute Gasteiger partial charge is 0.465 e. The van der Waals surface area contributed by atoms with Crippen LogP contribution in [0, 0.1) is 0 Å². The lowest BCUT2D eigenvalue weighted by molar-refractivity contribution is -0.155. The topological polar surface area (TPSA) is 111 Å². The highest BCUT2D eigenvalue weighted by molar-refractivity contribution is 6.45. The molecule has 1 rings (SSSR count). The van der Waals surface area contributed by atoms with Crippen molar-refractivity contribution in [3.05, 3.63) is 29.3 Å². The number of hydrogen-bond acceptors (Lipinski definition) is 7. The molecule has 0 heterocycles. The number of anilines is 1. The number of carbonyl (C=O) groups is 2. The van der Waals surface area contributed by atoms with Gasteiger partial charge in [0.1, 0.15) is 5.60 Å². The number of ether oxygens (including phenoxy) is 2. The first-order valence-corrected chi connectivity index (χ1v) is 8.14. The third-order valence-corrected chi connectivity index (χ3v) is 3.31. The molecule has 0 saturated heterocycles. The van der Waals surface area contributed by atoms with Crippen molar-refractivity contribution in [1.29, 1.82) is 0 Å². The van der Waals surface area contributed by atoms with E-state index in [1.54, 1.807) is 45.8 Å². The zero-order valence-electron chi connectivity index (χ0n) is 15.5. The normalized spacial score (nSPS) is 12.4. The molecule has 1 atom stereocenters. The first kappa shape index (κ1) is 21.0. The average Bonchev–Trinajstić information content (AvgIpc) is 2.43. The number of nitrogens with two attached hydrogens (primary N) is 1. The van der Waals surface area contributed by atoms with Gasteiger partial charge in [-0.05, 0) is 57.8 Å². The number of methoxy groups -OCH3 is 1. The molecule has 138 valence electrons. The maximum absolute atomic E-state index is 12.1. The second-order valence-corrected chi connectivity index (χ2v) is 6.94. The molecule has 0 amide bonds. The van der Waals surface area contributed by atoms with Crippen LogP contribution in [0.1, 0.15) is 43.1 Å². The minimum atomic E-state index is -0.824. The van der Waals surface area contributed by atoms with Crippen molar-refractivity contribution >= 4 is 24.7 Å². The number of hydrogen-bond donors (Lipinski definition) is 3. The predicted molar refractivity (Wildman–Crippen MR) is 97.1 cm³/mol. The molecule has 0 aliphatic rings. The molecule has 4 N–H and O–H groups in total. The second-order valence-electron chi connectivity index (χ2n) is 6.94. The molecular formula is C17H27BN2O5. The molecular weight excluding hydrogens is 323 g/mol. The van der Waals surface area contributed by atoms with E-state index in [9.17, 15) is 14.6 Å². The Morgan fingerprint density at radius 3 is 2.52 bits per heavy atom. The summed E-state index contributed by atoms with van der Waals surface area (Å²) in [6, 6.07) is 4.43. The van der Waals surface area contributed by atoms with Crippen LogP contribution < -0.4 is 11.0 Å². The van der Waals surface area contributed by atoms with E-state index in [1.807, 2.05) is 0 Å². The molecule has 0 saturated carbocycles. The molecule has 1 aromatic rings. The van der Waals surface area contributed by atoms with Crippen molar-refractivity contribution in [2.24, 2.45) is 0 Å². The fourth-order valence-electron chi connectivity index (χ4n) is 2.47. The van der Waals surface area contributed by atoms with Gasteiger partial charge in [0.25, 0.3) is 0 Å². The van der Waals surface area contributed by atoms with E-state index in [1.165, 1.54) is 7.11 Å². The Balaban J connectivity index is 3.00. The van der Waals surface area contributed by atoms with Gasteiger partial charge < -0.3 is 25.5 Å². The third kappa shape index (κ3) is 7.58. The molecule has 0 unspecified atom stereocenters. The molecule has 0 fully saturated rings. The highest BCUT2D eigenvalue weighted by Crippen LogP contribution is 2.19. The van der Waals surface area contributed by atoms with Gasteiger partial charge in [0, 0.05) is 11.7 Å². The number of carbonyl (C=O) groups excluding carboxylic acids is 2. The Labute approximate surface area is 149 Å². The van der Waals surface area contributed by atoms with Gasteiger partial charge in [-0.3, -0.25) is 4.79 Å². The minimum Gasteiger partial charge on any atom is -0.465 e. The average molecular weight is 350 g/mol. The van der Waals surface area contributed by atoms with E-state index in [4.69, 9.17) is 15.2 Å². The van der Waals surface area contributed by atoms with Crippen LogP contribution in [-0.4, -0.2) is 42.8 Å². The highest BCUT2D eigenvalue weighted by Gasteiger charge is 2.24. The van der Waals surface area contributed by atoms with E-state index in [2.05, 4.69) is 5.23 Å². The number of esters is 2. The van der Waals surface area contributed by atoms with Crippen molar-refractivity contribution < 1.29 is 24.1 Å². The Kier molecular flexibility index (Phi) is 7.45. The van der Waals surface area contributed by atoms with Gasteiger partial charge in [0.15, 0.2) is 0 Å². The van der Waals surface area contributed by atoms with E-state index in [-0.39, 0.29) is 6.42 Å². The summed E-state index contributed by atoms with van der Waals surface area (Å²) in [6.45, 7) is 6.92. The summed E-state index contributed by atoms with van der Waals surface area (Å²) in [5.41, 5.74) is 6.72. The maximum atomic E-state index is 12.1. The molecule has 0 aliphatic carbocycles. The van der Waals surface area contributed by atoms with Gasteiger partial charge in [-0.2, -0.15) is 0 Å². The van der Waals surface area contributed by atoms with Crippen molar-refractivity contribution in [2.75, 3.05) is 12.8 Å². The monoisotopic (exact) mass is 350 g/mol. The van der Waals surface area contributed by atoms with Crippen molar-refractivity contribution in [1.82, 2.24) is 5.23 Å². The first-order valence-electron chi connectivity index (χ1n) is 8.14. The van der Waals surface area contributed by atoms with E-state index in [0.717, 1.165) is 0 Å². The second kappa shape index (κ2) is 8.87. The van der Waals surface area contributed by atoms with Crippen molar-refractivity contribution in [3.63, 3.8) is 0 Å². The molecule has 25 heavy (non-hydrogen) atoms. The summed E-state index contributed by atoms with van der Waals surface area (Å²) in [7, 11) is 0.476. The summed E-state index contributed by atoms with van der Waals surface area (Å²) in [5, 5.41) is 12.6. The standard InChI is InChI=1S/C17H27BN2O5/c1-17(2,3)25-15(21)10-13(20-18(4)23)9-11-8-12(19)6-7-14(11)16(22)24-5/h6-8,13,20,23H,9-10,19H2,1-5H3/t13-/m0/s1. The van der Waals surface area contributed by atoms with Gasteiger partial charge >= 0.3 is 19.0 Å². The van der Waals surface area contributed by atoms with Gasteiger partial charge in [0.05, 0.1) is 19.1 Å². The minimum absolute atomic E-state index is 0.0393. The molecule has 0 aromatic heterocycles. The van der Waals surface area contributed by atoms with Crippen LogP contribution in [0.5, 0.6) is 0 Å². The number of nitrogen functional groups attached to an aromatic ring is 1. The van der Waals surface area contributed by atoms with Crippen molar-refractivity contribution in [3.8, 4) is 0 Å². The van der Waals surface area contributed by atoms with Gasteiger partial charge in [-0.15, -0.1) is 0 Å². The summed E-state index contributed by atoms with van der Waals surface area (Å²) in [5.74, 6) is -0.878. The van der Waals surface area contributed by atoms with Gasteiger partial charge in [0.2, 0.25) is 0 Å². The highest BCUT2D eigenvalue weighted by atomic mass is 16.6. The quantitative estimate of drug-likeness (QED) is 0.387. The molecule has 1 aromatic carbocycles. The smallest absolute Gasteiger partial charge is 0.373 e. The zero-order valence-corrected chi connectivity index (χ0v) is 15.5. The molecule has 0 radical (unpaired) electrons. The fraction of sp³-hybridized carbons (Fsp3) is 0.529. The summed E-state index contributed by atoms with van der Waals surface area (Å²) >= 11 is 0. The summed E-state index contributed by atoms with van der Waals surface area (Å²) < 4.78 is 10.1. The van der Waals surface area contributed by atoms with Crippen LogP contribution in [0.25, 0.3) is 0 Å². The van der Waals surface area contributed by atoms with Gasteiger partial charge in [-0.1, -0.05) is 0 Å². The Hall–Kier alpha value is -2.06. The molecule has 8 heteroatoms. The molecule has 0 aliphatic heterocycles. The van der Waals surface area contributed by atoms with Crippen LogP contribution in [0.15, 0.2) is 18.2 Å². The lowest BCUT2D eigenvalue weighted by Crippen LogP contribution is -2.43. The Bertz CT molecular complexity index is 614. The molecule has 0 spiro atoms. The number of benzene rings is 1. The SMILES string of the molecule is COC(=O)c1ccc(N)cc1C[C@@H](CC(=O)OC(C)(C)C)NB(C)O. The first-order chi connectivity index (χ1) is 11.5. The molecule has 7 nitrogen and oxygen atoms in total.